The molecule has 1 aromatic heterocycles. The highest BCUT2D eigenvalue weighted by Gasteiger charge is 2.31. The van der Waals surface area contributed by atoms with Crippen molar-refractivity contribution in [3.8, 4) is 11.3 Å². The largest absolute Gasteiger partial charge is 0.510 e. The molecular weight excluding hydrogens is 422 g/mol. The first kappa shape index (κ1) is 21.8. The van der Waals surface area contributed by atoms with E-state index in [0.717, 1.165) is 22.5 Å². The third-order valence-electron chi connectivity index (χ3n) is 5.53. The first-order chi connectivity index (χ1) is 15.4. The lowest BCUT2D eigenvalue weighted by Crippen LogP contribution is -2.26. The van der Waals surface area contributed by atoms with Gasteiger partial charge in [0.2, 0.25) is 0 Å². The average Bonchev–Trinajstić information content (AvgIpc) is 3.35. The molecule has 4 rings (SSSR count). The quantitative estimate of drug-likeness (QED) is 0.501. The van der Waals surface area contributed by atoms with Crippen LogP contribution in [-0.4, -0.2) is 35.0 Å². The first-order valence-electron chi connectivity index (χ1n) is 10.4. The predicted molar refractivity (Wildman–Crippen MR) is 128 cm³/mol. The van der Waals surface area contributed by atoms with Crippen molar-refractivity contribution < 1.29 is 14.6 Å². The molecule has 0 aliphatic carbocycles. The number of carbonyl (C=O) groups excluding carboxylic acids is 1. The molecule has 7 heteroatoms. The maximum absolute atomic E-state index is 11.7. The number of carbonyl (C=O) groups is 1. The summed E-state index contributed by atoms with van der Waals surface area (Å²) in [7, 11) is 0. The molecule has 164 valence electrons. The van der Waals surface area contributed by atoms with Gasteiger partial charge in [0, 0.05) is 16.6 Å². The van der Waals surface area contributed by atoms with Crippen LogP contribution in [0.2, 0.25) is 0 Å². The Bertz CT molecular complexity index is 1210. The van der Waals surface area contributed by atoms with Gasteiger partial charge in [-0.05, 0) is 55.7 Å². The van der Waals surface area contributed by atoms with Crippen LogP contribution in [0.15, 0.2) is 53.6 Å². The Balaban J connectivity index is 1.52. The zero-order chi connectivity index (χ0) is 22.8. The maximum atomic E-state index is 11.7. The summed E-state index contributed by atoms with van der Waals surface area (Å²) in [5.74, 6) is 0.0762. The second-order valence-corrected chi connectivity index (χ2v) is 8.60. The van der Waals surface area contributed by atoms with Crippen molar-refractivity contribution in [3.05, 3.63) is 75.3 Å². The molecule has 6 nitrogen and oxygen atoms in total. The Labute approximate surface area is 191 Å². The van der Waals surface area contributed by atoms with E-state index >= 15 is 0 Å². The molecule has 1 aliphatic rings. The standard InChI is InChI=1S/C25H25N3O3S/c1-4-31-22(30)12-17-6-9-19(10-7-17)28-13-21(29)23(24(28)26)25-27-20(14-32-25)18-8-5-15(2)16(3)11-18/h5-11,14,26,29H,4,12-13H2,1-3H3. The molecule has 0 saturated carbocycles. The fourth-order valence-electron chi connectivity index (χ4n) is 3.62. The number of hydrogen-bond acceptors (Lipinski definition) is 6. The van der Waals surface area contributed by atoms with Gasteiger partial charge in [-0.2, -0.15) is 0 Å². The predicted octanol–water partition coefficient (Wildman–Crippen LogP) is 5.30. The summed E-state index contributed by atoms with van der Waals surface area (Å²) in [6.45, 7) is 6.50. The second kappa shape index (κ2) is 8.96. The number of aliphatic hydroxyl groups excluding tert-OH is 1. The molecule has 0 bridgehead atoms. The Morgan fingerprint density at radius 3 is 2.62 bits per heavy atom. The number of nitrogens with zero attached hydrogens (tertiary/aromatic N) is 2. The number of anilines is 1. The van der Waals surface area contributed by atoms with Crippen LogP contribution in [-0.2, 0) is 16.0 Å². The van der Waals surface area contributed by atoms with E-state index in [-0.39, 0.29) is 30.5 Å². The highest BCUT2D eigenvalue weighted by Crippen LogP contribution is 2.34. The van der Waals surface area contributed by atoms with Crippen molar-refractivity contribution in [3.63, 3.8) is 0 Å². The van der Waals surface area contributed by atoms with E-state index in [2.05, 4.69) is 26.0 Å². The topological polar surface area (TPSA) is 86.5 Å². The summed E-state index contributed by atoms with van der Waals surface area (Å²) < 4.78 is 4.99. The summed E-state index contributed by atoms with van der Waals surface area (Å²) in [6.07, 6.45) is 0.209. The summed E-state index contributed by atoms with van der Waals surface area (Å²) in [6, 6.07) is 13.6. The van der Waals surface area contributed by atoms with Gasteiger partial charge in [0.15, 0.2) is 0 Å². The number of benzene rings is 2. The maximum Gasteiger partial charge on any atom is 0.310 e. The van der Waals surface area contributed by atoms with Crippen molar-refractivity contribution in [2.24, 2.45) is 0 Å². The Hall–Kier alpha value is -3.45. The Morgan fingerprint density at radius 2 is 1.94 bits per heavy atom. The second-order valence-electron chi connectivity index (χ2n) is 7.74. The molecule has 0 fully saturated rings. The van der Waals surface area contributed by atoms with Gasteiger partial charge in [-0.3, -0.25) is 10.2 Å². The van der Waals surface area contributed by atoms with E-state index in [9.17, 15) is 9.90 Å². The van der Waals surface area contributed by atoms with Crippen LogP contribution in [0.5, 0.6) is 0 Å². The molecule has 0 radical (unpaired) electrons. The molecule has 3 aromatic rings. The van der Waals surface area contributed by atoms with E-state index in [0.29, 0.717) is 17.2 Å². The van der Waals surface area contributed by atoms with Gasteiger partial charge in [0.25, 0.3) is 0 Å². The van der Waals surface area contributed by atoms with Gasteiger partial charge >= 0.3 is 5.97 Å². The number of aliphatic hydroxyl groups is 1. The lowest BCUT2D eigenvalue weighted by Gasteiger charge is -2.19. The molecule has 2 aromatic carbocycles. The van der Waals surface area contributed by atoms with Crippen LogP contribution in [0.1, 0.15) is 28.6 Å². The number of rotatable bonds is 6. The monoisotopic (exact) mass is 447 g/mol. The number of amidine groups is 1. The Kier molecular flexibility index (Phi) is 6.10. The summed E-state index contributed by atoms with van der Waals surface area (Å²) in [5, 5.41) is 21.9. The zero-order valence-electron chi connectivity index (χ0n) is 18.3. The highest BCUT2D eigenvalue weighted by atomic mass is 32.1. The van der Waals surface area contributed by atoms with Crippen LogP contribution in [0.25, 0.3) is 16.8 Å². The van der Waals surface area contributed by atoms with E-state index in [1.807, 2.05) is 35.7 Å². The molecule has 0 atom stereocenters. The van der Waals surface area contributed by atoms with E-state index < -0.39 is 0 Å². The minimum absolute atomic E-state index is 0.131. The van der Waals surface area contributed by atoms with Crippen molar-refractivity contribution >= 4 is 34.4 Å². The minimum atomic E-state index is -0.265. The van der Waals surface area contributed by atoms with Crippen molar-refractivity contribution in [1.82, 2.24) is 4.98 Å². The van der Waals surface area contributed by atoms with Crippen LogP contribution < -0.4 is 4.90 Å². The lowest BCUT2D eigenvalue weighted by molar-refractivity contribution is -0.142. The van der Waals surface area contributed by atoms with Crippen molar-refractivity contribution in [2.45, 2.75) is 27.2 Å². The summed E-state index contributed by atoms with van der Waals surface area (Å²) in [5.41, 5.74) is 6.36. The minimum Gasteiger partial charge on any atom is -0.510 e. The van der Waals surface area contributed by atoms with Crippen LogP contribution in [0.4, 0.5) is 5.69 Å². The summed E-state index contributed by atoms with van der Waals surface area (Å²) in [4.78, 5) is 18.1. The SMILES string of the molecule is CCOC(=O)Cc1ccc(N2CC(O)=C(c3nc(-c4ccc(C)c(C)c4)cs3)C2=N)cc1. The molecule has 0 spiro atoms. The number of thiazole rings is 1. The molecule has 0 unspecified atom stereocenters. The van der Waals surface area contributed by atoms with Crippen molar-refractivity contribution in [2.75, 3.05) is 18.1 Å². The first-order valence-corrected chi connectivity index (χ1v) is 11.3. The number of hydrogen-bond donors (Lipinski definition) is 2. The molecule has 0 saturated heterocycles. The Morgan fingerprint density at radius 1 is 1.19 bits per heavy atom. The number of nitrogens with one attached hydrogen (secondary N) is 1. The average molecular weight is 448 g/mol. The molecule has 2 heterocycles. The number of esters is 1. The van der Waals surface area contributed by atoms with E-state index in [1.165, 1.54) is 22.5 Å². The van der Waals surface area contributed by atoms with Gasteiger partial charge in [0.05, 0.1) is 30.8 Å². The normalized spacial score (nSPS) is 13.7. The lowest BCUT2D eigenvalue weighted by atomic mass is 10.1. The van der Waals surface area contributed by atoms with Crippen LogP contribution in [0, 0.1) is 19.3 Å². The van der Waals surface area contributed by atoms with Crippen LogP contribution >= 0.6 is 11.3 Å². The highest BCUT2D eigenvalue weighted by molar-refractivity contribution is 7.11. The van der Waals surface area contributed by atoms with Gasteiger partial charge in [0.1, 0.15) is 16.6 Å². The fourth-order valence-corrected chi connectivity index (χ4v) is 4.51. The molecule has 2 N–H and O–H groups in total. The van der Waals surface area contributed by atoms with Gasteiger partial charge in [-0.25, -0.2) is 4.98 Å². The third kappa shape index (κ3) is 4.29. The van der Waals surface area contributed by atoms with Crippen LogP contribution in [0.3, 0.4) is 0 Å². The fraction of sp³-hybridized carbons (Fsp3) is 0.240. The van der Waals surface area contributed by atoms with Gasteiger partial charge < -0.3 is 14.7 Å². The molecule has 32 heavy (non-hydrogen) atoms. The molecule has 1 aliphatic heterocycles. The zero-order valence-corrected chi connectivity index (χ0v) is 19.1. The third-order valence-corrected chi connectivity index (χ3v) is 6.39. The van der Waals surface area contributed by atoms with E-state index in [4.69, 9.17) is 15.1 Å². The van der Waals surface area contributed by atoms with Gasteiger partial charge in [-0.15, -0.1) is 11.3 Å². The van der Waals surface area contributed by atoms with Gasteiger partial charge in [-0.1, -0.05) is 24.3 Å². The number of aromatic nitrogens is 1. The smallest absolute Gasteiger partial charge is 0.310 e. The summed E-state index contributed by atoms with van der Waals surface area (Å²) >= 11 is 1.42. The number of aryl methyl sites for hydroxylation is 2. The number of ether oxygens (including phenoxy) is 1. The molecular formula is C25H25N3O3S. The van der Waals surface area contributed by atoms with E-state index in [1.54, 1.807) is 11.8 Å². The molecule has 0 amide bonds. The van der Waals surface area contributed by atoms with Crippen molar-refractivity contribution in [1.29, 1.82) is 5.41 Å².